The van der Waals surface area contributed by atoms with Crippen LogP contribution in [0.2, 0.25) is 0 Å². The van der Waals surface area contributed by atoms with Gasteiger partial charge in [-0.15, -0.1) is 26.3 Å². The second-order valence-electron chi connectivity index (χ2n) is 8.11. The van der Waals surface area contributed by atoms with Crippen molar-refractivity contribution in [2.45, 2.75) is 130 Å². The quantitative estimate of drug-likeness (QED) is 0.130. The van der Waals surface area contributed by atoms with Gasteiger partial charge in [-0.25, -0.2) is 0 Å². The molecule has 0 saturated heterocycles. The van der Waals surface area contributed by atoms with Crippen molar-refractivity contribution in [2.24, 2.45) is 0 Å². The lowest BCUT2D eigenvalue weighted by molar-refractivity contribution is 0.761. The van der Waals surface area contributed by atoms with Crippen LogP contribution in [0.1, 0.15) is 130 Å². The predicted octanol–water partition coefficient (Wildman–Crippen LogP) is 12.7. The van der Waals surface area contributed by atoms with Gasteiger partial charge in [0.05, 0.1) is 0 Å². The van der Waals surface area contributed by atoms with Gasteiger partial charge in [-0.1, -0.05) is 114 Å². The first-order chi connectivity index (χ1) is 16.7. The lowest BCUT2D eigenvalue weighted by atomic mass is 10.2. The molecule has 0 fully saturated rings. The van der Waals surface area contributed by atoms with E-state index in [1.165, 1.54) is 70.6 Å². The van der Waals surface area contributed by atoms with Crippen molar-refractivity contribution in [3.8, 4) is 0 Å². The Bertz CT molecular complexity index is 421. The minimum atomic E-state index is 1.08. The highest BCUT2D eigenvalue weighted by Crippen LogP contribution is 2.01. The standard InChI is InChI=1S/3C10H18.C4H8/c3*1-3-5-7-9-10-8-6-4-2;1-3-4-2/h2*3,9-10H,1,4-8H2,2H3;3,6,8H,1,4-5,7,9-10H2,2H3;3H,1,4H2,2H3. The summed E-state index contributed by atoms with van der Waals surface area (Å²) in [6.07, 6.45) is 40.9. The summed E-state index contributed by atoms with van der Waals surface area (Å²) in [5, 5.41) is 0. The number of hydrogen-bond acceptors (Lipinski definition) is 0. The normalized spacial score (nSPS) is 10.0. The van der Waals surface area contributed by atoms with Gasteiger partial charge in [0.15, 0.2) is 0 Å². The van der Waals surface area contributed by atoms with Crippen LogP contribution in [0.15, 0.2) is 87.1 Å². The Kier molecular flexibility index (Phi) is 56.3. The maximum Gasteiger partial charge on any atom is -0.0316 e. The molecule has 0 aromatic carbocycles. The number of hydrogen-bond donors (Lipinski definition) is 0. The fourth-order valence-electron chi connectivity index (χ4n) is 2.38. The van der Waals surface area contributed by atoms with E-state index in [9.17, 15) is 0 Å². The Hall–Kier alpha value is -1.82. The highest BCUT2D eigenvalue weighted by atomic mass is 13.9. The first-order valence-electron chi connectivity index (χ1n) is 14.0. The van der Waals surface area contributed by atoms with Gasteiger partial charge in [0, 0.05) is 0 Å². The summed E-state index contributed by atoms with van der Waals surface area (Å²) in [5.74, 6) is 0. The van der Waals surface area contributed by atoms with E-state index in [1.54, 1.807) is 0 Å². The topological polar surface area (TPSA) is 0 Å². The number of rotatable bonds is 19. The van der Waals surface area contributed by atoms with Crippen molar-refractivity contribution in [1.82, 2.24) is 0 Å². The van der Waals surface area contributed by atoms with Crippen LogP contribution in [0.3, 0.4) is 0 Å². The smallest absolute Gasteiger partial charge is 0.0316 e. The van der Waals surface area contributed by atoms with Gasteiger partial charge in [0.2, 0.25) is 0 Å². The molecule has 198 valence electrons. The molecule has 0 aliphatic rings. The molecular weight excluding hydrogens is 408 g/mol. The van der Waals surface area contributed by atoms with E-state index in [0.29, 0.717) is 0 Å². The maximum atomic E-state index is 3.68. The van der Waals surface area contributed by atoms with E-state index in [-0.39, 0.29) is 0 Å². The lowest BCUT2D eigenvalue weighted by Gasteiger charge is -1.90. The number of unbranched alkanes of at least 4 members (excludes halogenated alkanes) is 9. The van der Waals surface area contributed by atoms with Crippen LogP contribution < -0.4 is 0 Å². The molecule has 0 heterocycles. The van der Waals surface area contributed by atoms with Gasteiger partial charge in [0.25, 0.3) is 0 Å². The minimum absolute atomic E-state index is 1.08. The van der Waals surface area contributed by atoms with Gasteiger partial charge >= 0.3 is 0 Å². The second-order valence-corrected chi connectivity index (χ2v) is 8.11. The Labute approximate surface area is 217 Å². The first kappa shape index (κ1) is 39.4. The Morgan fingerprint density at radius 1 is 0.353 bits per heavy atom. The van der Waals surface area contributed by atoms with E-state index in [4.69, 9.17) is 0 Å². The van der Waals surface area contributed by atoms with Crippen molar-refractivity contribution < 1.29 is 0 Å². The van der Waals surface area contributed by atoms with Crippen LogP contribution >= 0.6 is 0 Å². The zero-order valence-corrected chi connectivity index (χ0v) is 23.9. The van der Waals surface area contributed by atoms with Crippen molar-refractivity contribution in [3.63, 3.8) is 0 Å². The van der Waals surface area contributed by atoms with Crippen LogP contribution in [0.25, 0.3) is 0 Å². The Balaban J connectivity index is -0.000000184. The van der Waals surface area contributed by atoms with Crippen LogP contribution in [0, 0.1) is 0 Å². The van der Waals surface area contributed by atoms with Gasteiger partial charge in [-0.3, -0.25) is 0 Å². The third-order valence-corrected chi connectivity index (χ3v) is 4.58. The van der Waals surface area contributed by atoms with Crippen molar-refractivity contribution in [1.29, 1.82) is 0 Å². The Morgan fingerprint density at radius 2 is 0.706 bits per heavy atom. The molecule has 0 aromatic heterocycles. The molecular formula is C34H62. The van der Waals surface area contributed by atoms with Gasteiger partial charge in [0.1, 0.15) is 0 Å². The molecule has 0 aromatic rings. The second kappa shape index (κ2) is 48.6. The van der Waals surface area contributed by atoms with Crippen LogP contribution in [0.4, 0.5) is 0 Å². The summed E-state index contributed by atoms with van der Waals surface area (Å²) in [6, 6.07) is 0. The predicted molar refractivity (Wildman–Crippen MR) is 165 cm³/mol. The average molecular weight is 471 g/mol. The van der Waals surface area contributed by atoms with Gasteiger partial charge in [-0.2, -0.15) is 0 Å². The SMILES string of the molecule is C=CCC.C=CCCC=CCCCC.C=CCCC=CCCCC.C=CCCCCC=CCC. The number of allylic oxidation sites excluding steroid dienone is 10. The monoisotopic (exact) mass is 470 g/mol. The third kappa shape index (κ3) is 63.1. The van der Waals surface area contributed by atoms with Crippen molar-refractivity contribution in [2.75, 3.05) is 0 Å². The van der Waals surface area contributed by atoms with Crippen LogP contribution in [0.5, 0.6) is 0 Å². The summed E-state index contributed by atoms with van der Waals surface area (Å²) in [5.41, 5.74) is 0. The van der Waals surface area contributed by atoms with Crippen molar-refractivity contribution in [3.05, 3.63) is 87.1 Å². The van der Waals surface area contributed by atoms with Crippen LogP contribution in [-0.2, 0) is 0 Å². The highest BCUT2D eigenvalue weighted by molar-refractivity contribution is 4.84. The largest absolute Gasteiger partial charge is 0.103 e. The molecule has 0 bridgehead atoms. The molecule has 0 N–H and O–H groups in total. The molecule has 0 spiro atoms. The molecule has 0 nitrogen and oxygen atoms in total. The van der Waals surface area contributed by atoms with E-state index in [2.05, 4.69) is 90.5 Å². The molecule has 0 rings (SSSR count). The van der Waals surface area contributed by atoms with Crippen LogP contribution in [-0.4, -0.2) is 0 Å². The summed E-state index contributed by atoms with van der Waals surface area (Å²) in [6.45, 7) is 23.1. The van der Waals surface area contributed by atoms with Crippen molar-refractivity contribution >= 4 is 0 Å². The zero-order chi connectivity index (χ0) is 26.4. The molecule has 34 heavy (non-hydrogen) atoms. The summed E-state index contributed by atoms with van der Waals surface area (Å²) in [7, 11) is 0. The van der Waals surface area contributed by atoms with E-state index in [0.717, 1.165) is 32.1 Å². The fourth-order valence-corrected chi connectivity index (χ4v) is 2.38. The molecule has 0 aliphatic carbocycles. The molecule has 0 amide bonds. The summed E-state index contributed by atoms with van der Waals surface area (Å²) < 4.78 is 0. The lowest BCUT2D eigenvalue weighted by Crippen LogP contribution is -1.70. The molecule has 0 saturated carbocycles. The minimum Gasteiger partial charge on any atom is -0.103 e. The van der Waals surface area contributed by atoms with E-state index in [1.807, 2.05) is 24.3 Å². The molecule has 0 aliphatic heterocycles. The highest BCUT2D eigenvalue weighted by Gasteiger charge is 1.81. The fraction of sp³-hybridized carbons (Fsp3) is 0.588. The van der Waals surface area contributed by atoms with E-state index >= 15 is 0 Å². The molecule has 0 heteroatoms. The molecule has 0 unspecified atom stereocenters. The zero-order valence-electron chi connectivity index (χ0n) is 23.9. The maximum absolute atomic E-state index is 3.68. The van der Waals surface area contributed by atoms with Gasteiger partial charge in [-0.05, 0) is 77.0 Å². The van der Waals surface area contributed by atoms with E-state index < -0.39 is 0 Å². The average Bonchev–Trinajstić information content (AvgIpc) is 2.87. The summed E-state index contributed by atoms with van der Waals surface area (Å²) >= 11 is 0. The summed E-state index contributed by atoms with van der Waals surface area (Å²) in [4.78, 5) is 0. The molecule has 0 radical (unpaired) electrons. The van der Waals surface area contributed by atoms with Gasteiger partial charge < -0.3 is 0 Å². The third-order valence-electron chi connectivity index (χ3n) is 4.58. The molecule has 0 atom stereocenters. The Morgan fingerprint density at radius 3 is 1.06 bits per heavy atom. The first-order valence-corrected chi connectivity index (χ1v) is 14.0.